The molecule has 2 aromatic carbocycles. The first-order chi connectivity index (χ1) is 15.8. The lowest BCUT2D eigenvalue weighted by Crippen LogP contribution is -2.29. The topological polar surface area (TPSA) is 68.3 Å². The van der Waals surface area contributed by atoms with Gasteiger partial charge in [-0.05, 0) is 66.3 Å². The van der Waals surface area contributed by atoms with E-state index in [4.69, 9.17) is 9.72 Å². The number of benzene rings is 2. The lowest BCUT2D eigenvalue weighted by molar-refractivity contribution is -0.119. The Labute approximate surface area is 195 Å². The molecule has 1 aliphatic carbocycles. The molecule has 1 heterocycles. The van der Waals surface area contributed by atoms with Gasteiger partial charge in [0.2, 0.25) is 0 Å². The van der Waals surface area contributed by atoms with Gasteiger partial charge in [-0.15, -0.1) is 0 Å². The van der Waals surface area contributed by atoms with Crippen LogP contribution in [-0.4, -0.2) is 23.5 Å². The molecule has 5 nitrogen and oxygen atoms in total. The number of para-hydroxylation sites is 1. The Kier molecular flexibility index (Phi) is 6.50. The highest BCUT2D eigenvalue weighted by Crippen LogP contribution is 2.39. The Morgan fingerprint density at radius 2 is 1.82 bits per heavy atom. The van der Waals surface area contributed by atoms with Gasteiger partial charge >= 0.3 is 5.97 Å². The number of aryl methyl sites for hydroxylation is 2. The maximum Gasteiger partial charge on any atom is 0.339 e. The van der Waals surface area contributed by atoms with Crippen molar-refractivity contribution < 1.29 is 14.3 Å². The molecule has 5 heteroatoms. The second kappa shape index (κ2) is 9.34. The number of carbonyl (C=O) groups excluding carboxylic acids is 2. The SMILES string of the molecule is CCc1ccc(NC(=O)COC(=O)c2c3c(nc4ccccc24)CCC(C(C)(C)C)C3)cc1. The molecular formula is C28H32N2O3. The third kappa shape index (κ3) is 5.08. The Morgan fingerprint density at radius 1 is 1.09 bits per heavy atom. The molecule has 0 aliphatic heterocycles. The van der Waals surface area contributed by atoms with Gasteiger partial charge in [-0.1, -0.05) is 58.0 Å². The van der Waals surface area contributed by atoms with Crippen molar-refractivity contribution in [2.45, 2.75) is 53.4 Å². The average molecular weight is 445 g/mol. The summed E-state index contributed by atoms with van der Waals surface area (Å²) in [5.41, 5.74) is 5.32. The van der Waals surface area contributed by atoms with Gasteiger partial charge < -0.3 is 10.1 Å². The molecule has 3 aromatic rings. The van der Waals surface area contributed by atoms with Gasteiger partial charge in [0.25, 0.3) is 5.91 Å². The van der Waals surface area contributed by atoms with E-state index in [1.807, 2.05) is 48.5 Å². The van der Waals surface area contributed by atoms with Crippen molar-refractivity contribution in [2.24, 2.45) is 11.3 Å². The number of aromatic nitrogens is 1. The maximum atomic E-state index is 13.3. The van der Waals surface area contributed by atoms with E-state index in [1.54, 1.807) is 0 Å². The molecule has 0 spiro atoms. The van der Waals surface area contributed by atoms with Gasteiger partial charge in [-0.25, -0.2) is 4.79 Å². The molecule has 4 rings (SSSR count). The molecule has 0 saturated heterocycles. The van der Waals surface area contributed by atoms with Crippen molar-refractivity contribution in [3.05, 3.63) is 70.9 Å². The van der Waals surface area contributed by atoms with Gasteiger partial charge in [-0.2, -0.15) is 0 Å². The van der Waals surface area contributed by atoms with Crippen molar-refractivity contribution in [1.29, 1.82) is 0 Å². The molecule has 1 N–H and O–H groups in total. The number of hydrogen-bond donors (Lipinski definition) is 1. The average Bonchev–Trinajstić information content (AvgIpc) is 2.80. The minimum absolute atomic E-state index is 0.137. The highest BCUT2D eigenvalue weighted by Gasteiger charge is 2.33. The summed E-state index contributed by atoms with van der Waals surface area (Å²) in [7, 11) is 0. The monoisotopic (exact) mass is 444 g/mol. The first kappa shape index (κ1) is 23.0. The molecule has 172 valence electrons. The second-order valence-electron chi connectivity index (χ2n) is 9.91. The predicted octanol–water partition coefficient (Wildman–Crippen LogP) is 5.74. The third-order valence-electron chi connectivity index (χ3n) is 6.67. The number of amides is 1. The van der Waals surface area contributed by atoms with Crippen molar-refractivity contribution in [3.8, 4) is 0 Å². The number of nitrogens with zero attached hydrogens (tertiary/aromatic N) is 1. The van der Waals surface area contributed by atoms with Gasteiger partial charge in [0.05, 0.1) is 11.1 Å². The standard InChI is InChI=1S/C28H32N2O3/c1-5-18-10-13-20(14-11-18)29-25(31)17-33-27(32)26-21-8-6-7-9-23(21)30-24-15-12-19(16-22(24)26)28(2,3)4/h6-11,13-14,19H,5,12,15-17H2,1-4H3,(H,29,31). The summed E-state index contributed by atoms with van der Waals surface area (Å²) >= 11 is 0. The normalized spacial score (nSPS) is 15.7. The van der Waals surface area contributed by atoms with Crippen molar-refractivity contribution in [3.63, 3.8) is 0 Å². The first-order valence-electron chi connectivity index (χ1n) is 11.7. The fourth-order valence-electron chi connectivity index (χ4n) is 4.58. The fourth-order valence-corrected chi connectivity index (χ4v) is 4.58. The van der Waals surface area contributed by atoms with E-state index in [0.29, 0.717) is 17.2 Å². The van der Waals surface area contributed by atoms with Gasteiger partial charge in [-0.3, -0.25) is 9.78 Å². The van der Waals surface area contributed by atoms with Crippen LogP contribution < -0.4 is 5.32 Å². The number of nitrogens with one attached hydrogen (secondary N) is 1. The number of carbonyl (C=O) groups is 2. The van der Waals surface area contributed by atoms with E-state index in [1.165, 1.54) is 5.56 Å². The predicted molar refractivity (Wildman–Crippen MR) is 131 cm³/mol. The summed E-state index contributed by atoms with van der Waals surface area (Å²) in [6.07, 6.45) is 3.62. The van der Waals surface area contributed by atoms with Crippen LogP contribution in [-0.2, 0) is 28.8 Å². The molecule has 1 unspecified atom stereocenters. The van der Waals surface area contributed by atoms with E-state index in [0.717, 1.165) is 47.8 Å². The molecule has 1 amide bonds. The smallest absolute Gasteiger partial charge is 0.339 e. The first-order valence-corrected chi connectivity index (χ1v) is 11.7. The summed E-state index contributed by atoms with van der Waals surface area (Å²) in [6.45, 7) is 8.48. The zero-order chi connectivity index (χ0) is 23.6. The Balaban J connectivity index is 1.56. The molecule has 1 aliphatic rings. The van der Waals surface area contributed by atoms with Crippen LogP contribution in [0.5, 0.6) is 0 Å². The highest BCUT2D eigenvalue weighted by molar-refractivity contribution is 6.06. The number of ether oxygens (including phenoxy) is 1. The quantitative estimate of drug-likeness (QED) is 0.509. The molecule has 33 heavy (non-hydrogen) atoms. The summed E-state index contributed by atoms with van der Waals surface area (Å²) in [6, 6.07) is 15.3. The summed E-state index contributed by atoms with van der Waals surface area (Å²) < 4.78 is 5.52. The molecule has 1 atom stereocenters. The van der Waals surface area contributed by atoms with Crippen LogP contribution in [0.4, 0.5) is 5.69 Å². The van der Waals surface area contributed by atoms with E-state index in [-0.39, 0.29) is 17.9 Å². The van der Waals surface area contributed by atoms with Crippen LogP contribution >= 0.6 is 0 Å². The van der Waals surface area contributed by atoms with Crippen LogP contribution in [0, 0.1) is 11.3 Å². The second-order valence-corrected chi connectivity index (χ2v) is 9.91. The van der Waals surface area contributed by atoms with Crippen molar-refractivity contribution in [1.82, 2.24) is 4.98 Å². The largest absolute Gasteiger partial charge is 0.452 e. The minimum Gasteiger partial charge on any atom is -0.452 e. The zero-order valence-electron chi connectivity index (χ0n) is 19.9. The minimum atomic E-state index is -0.462. The number of hydrogen-bond acceptors (Lipinski definition) is 4. The molecule has 1 aromatic heterocycles. The number of rotatable bonds is 5. The van der Waals surface area contributed by atoms with Gasteiger partial charge in [0.1, 0.15) is 0 Å². The third-order valence-corrected chi connectivity index (χ3v) is 6.67. The van der Waals surface area contributed by atoms with E-state index >= 15 is 0 Å². The van der Waals surface area contributed by atoms with E-state index < -0.39 is 5.97 Å². The van der Waals surface area contributed by atoms with E-state index in [2.05, 4.69) is 33.0 Å². The number of fused-ring (bicyclic) bond motifs is 2. The van der Waals surface area contributed by atoms with Crippen LogP contribution in [0.1, 0.15) is 61.3 Å². The number of pyridine rings is 1. The van der Waals surface area contributed by atoms with Crippen LogP contribution in [0.15, 0.2) is 48.5 Å². The highest BCUT2D eigenvalue weighted by atomic mass is 16.5. The molecule has 0 radical (unpaired) electrons. The molecular weight excluding hydrogens is 412 g/mol. The van der Waals surface area contributed by atoms with Crippen molar-refractivity contribution >= 4 is 28.5 Å². The van der Waals surface area contributed by atoms with Crippen LogP contribution in [0.25, 0.3) is 10.9 Å². The Hall–Kier alpha value is -3.21. The summed E-state index contributed by atoms with van der Waals surface area (Å²) in [5.74, 6) is -0.364. The van der Waals surface area contributed by atoms with Crippen molar-refractivity contribution in [2.75, 3.05) is 11.9 Å². The molecule has 0 fully saturated rings. The Morgan fingerprint density at radius 3 is 2.52 bits per heavy atom. The number of anilines is 1. The van der Waals surface area contributed by atoms with Crippen LogP contribution in [0.2, 0.25) is 0 Å². The molecule has 0 bridgehead atoms. The van der Waals surface area contributed by atoms with Crippen LogP contribution in [0.3, 0.4) is 0 Å². The van der Waals surface area contributed by atoms with Gasteiger partial charge in [0.15, 0.2) is 6.61 Å². The maximum absolute atomic E-state index is 13.3. The fraction of sp³-hybridized carbons (Fsp3) is 0.393. The van der Waals surface area contributed by atoms with E-state index in [9.17, 15) is 9.59 Å². The summed E-state index contributed by atoms with van der Waals surface area (Å²) in [4.78, 5) is 30.6. The number of esters is 1. The zero-order valence-corrected chi connectivity index (χ0v) is 19.9. The van der Waals surface area contributed by atoms with Gasteiger partial charge in [0, 0.05) is 16.8 Å². The summed E-state index contributed by atoms with van der Waals surface area (Å²) in [5, 5.41) is 3.58. The lowest BCUT2D eigenvalue weighted by atomic mass is 9.70. The molecule has 0 saturated carbocycles. The lowest BCUT2D eigenvalue weighted by Gasteiger charge is -2.35. The Bertz CT molecular complexity index is 1180.